The minimum Gasteiger partial charge on any atom is -1.00 e. The van der Waals surface area contributed by atoms with Gasteiger partial charge in [0.2, 0.25) is 0 Å². The van der Waals surface area contributed by atoms with Crippen LogP contribution in [-0.4, -0.2) is 43.7 Å². The summed E-state index contributed by atoms with van der Waals surface area (Å²) in [4.78, 5) is 12.3. The number of thiophene rings is 1. The first-order chi connectivity index (χ1) is 12.3. The Labute approximate surface area is 180 Å². The van der Waals surface area contributed by atoms with E-state index < -0.39 is 0 Å². The SMILES string of the molecule is C[N+](C)(Cc1ccc(NC(=O)c2cc(Cl)sc2Cl)cc1)C1CCOCC1.[Cl-]. The highest BCUT2D eigenvalue weighted by Crippen LogP contribution is 2.31. The molecule has 1 aromatic carbocycles. The summed E-state index contributed by atoms with van der Waals surface area (Å²) >= 11 is 13.1. The smallest absolute Gasteiger partial charge is 0.258 e. The van der Waals surface area contributed by atoms with Crippen molar-refractivity contribution in [3.63, 3.8) is 0 Å². The number of anilines is 1. The van der Waals surface area contributed by atoms with Crippen LogP contribution < -0.4 is 17.7 Å². The van der Waals surface area contributed by atoms with Crippen LogP contribution >= 0.6 is 34.5 Å². The van der Waals surface area contributed by atoms with Crippen molar-refractivity contribution in [1.82, 2.24) is 0 Å². The fourth-order valence-electron chi connectivity index (χ4n) is 3.37. The summed E-state index contributed by atoms with van der Waals surface area (Å²) < 4.78 is 7.33. The van der Waals surface area contributed by atoms with Crippen molar-refractivity contribution in [3.05, 3.63) is 50.1 Å². The second-order valence-corrected chi connectivity index (χ2v) is 9.45. The number of halogens is 3. The molecule has 1 aromatic heterocycles. The molecule has 1 saturated heterocycles. The van der Waals surface area contributed by atoms with E-state index in [0.29, 0.717) is 20.3 Å². The van der Waals surface area contributed by atoms with E-state index in [9.17, 15) is 4.79 Å². The fraction of sp³-hybridized carbons (Fsp3) is 0.421. The van der Waals surface area contributed by atoms with Crippen LogP contribution in [0.1, 0.15) is 28.8 Å². The highest BCUT2D eigenvalue weighted by Gasteiger charge is 2.30. The molecule has 2 heterocycles. The van der Waals surface area contributed by atoms with Gasteiger partial charge in [-0.1, -0.05) is 35.3 Å². The maximum absolute atomic E-state index is 12.3. The standard InChI is InChI=1S/C19H22Cl2N2O2S.ClH/c1-23(2,15-7-9-25-10-8-15)12-13-3-5-14(6-4-13)22-19(24)16-11-17(20)26-18(16)21;/h3-6,11,15H,7-10,12H2,1-2H3;1H. The monoisotopic (exact) mass is 448 g/mol. The van der Waals surface area contributed by atoms with Gasteiger partial charge in [0.1, 0.15) is 10.9 Å². The topological polar surface area (TPSA) is 38.3 Å². The Morgan fingerprint density at radius 1 is 1.22 bits per heavy atom. The molecule has 3 rings (SSSR count). The lowest BCUT2D eigenvalue weighted by Gasteiger charge is -2.40. The average molecular weight is 450 g/mol. The minimum atomic E-state index is -0.246. The minimum absolute atomic E-state index is 0. The molecule has 1 aliphatic heterocycles. The number of carbonyl (C=O) groups is 1. The van der Waals surface area contributed by atoms with E-state index in [1.54, 1.807) is 6.07 Å². The molecule has 0 unspecified atom stereocenters. The lowest BCUT2D eigenvalue weighted by Crippen LogP contribution is -3.00. The van der Waals surface area contributed by atoms with E-state index in [1.165, 1.54) is 16.9 Å². The van der Waals surface area contributed by atoms with Crippen LogP contribution in [0.4, 0.5) is 5.69 Å². The van der Waals surface area contributed by atoms with E-state index in [2.05, 4.69) is 31.5 Å². The highest BCUT2D eigenvalue weighted by atomic mass is 35.5. The number of benzene rings is 1. The molecule has 0 bridgehead atoms. The third-order valence-electron chi connectivity index (χ3n) is 4.88. The second kappa shape index (κ2) is 9.59. The molecule has 0 radical (unpaired) electrons. The van der Waals surface area contributed by atoms with E-state index in [4.69, 9.17) is 27.9 Å². The van der Waals surface area contributed by atoms with Crippen LogP contribution in [0.2, 0.25) is 8.67 Å². The van der Waals surface area contributed by atoms with Gasteiger partial charge in [0.15, 0.2) is 0 Å². The molecule has 0 saturated carbocycles. The van der Waals surface area contributed by atoms with Gasteiger partial charge in [-0.25, -0.2) is 0 Å². The highest BCUT2D eigenvalue weighted by molar-refractivity contribution is 7.20. The van der Waals surface area contributed by atoms with Crippen LogP contribution in [0, 0.1) is 0 Å². The summed E-state index contributed by atoms with van der Waals surface area (Å²) in [6.07, 6.45) is 2.20. The fourth-order valence-corrected chi connectivity index (χ4v) is 4.83. The molecule has 1 aliphatic rings. The number of hydrogen-bond acceptors (Lipinski definition) is 3. The Balaban J connectivity index is 0.00000261. The summed E-state index contributed by atoms with van der Waals surface area (Å²) in [6.45, 7) is 2.66. The van der Waals surface area contributed by atoms with Crippen molar-refractivity contribution in [1.29, 1.82) is 0 Å². The van der Waals surface area contributed by atoms with Gasteiger partial charge in [0, 0.05) is 24.1 Å². The normalized spacial score (nSPS) is 15.3. The zero-order chi connectivity index (χ0) is 18.7. The molecular formula is C19H23Cl3N2O2S. The molecule has 8 heteroatoms. The van der Waals surface area contributed by atoms with Gasteiger partial charge in [0.25, 0.3) is 5.91 Å². The predicted molar refractivity (Wildman–Crippen MR) is 108 cm³/mol. The number of ether oxygens (including phenoxy) is 1. The van der Waals surface area contributed by atoms with Crippen LogP contribution in [0.25, 0.3) is 0 Å². The van der Waals surface area contributed by atoms with Crippen LogP contribution in [0.5, 0.6) is 0 Å². The number of hydrogen-bond donors (Lipinski definition) is 1. The zero-order valence-corrected chi connectivity index (χ0v) is 18.4. The number of amides is 1. The van der Waals surface area contributed by atoms with E-state index in [-0.39, 0.29) is 18.3 Å². The van der Waals surface area contributed by atoms with Gasteiger partial charge < -0.3 is 26.9 Å². The first-order valence-electron chi connectivity index (χ1n) is 8.61. The quantitative estimate of drug-likeness (QED) is 0.710. The Morgan fingerprint density at radius 2 is 1.85 bits per heavy atom. The number of rotatable bonds is 5. The third kappa shape index (κ3) is 5.83. The Bertz CT molecular complexity index is 772. The van der Waals surface area contributed by atoms with E-state index >= 15 is 0 Å². The zero-order valence-electron chi connectivity index (χ0n) is 15.3. The number of carbonyl (C=O) groups excluding carboxylic acids is 1. The summed E-state index contributed by atoms with van der Waals surface area (Å²) in [7, 11) is 4.54. The molecule has 4 nitrogen and oxygen atoms in total. The first kappa shape index (κ1) is 22.5. The van der Waals surface area contributed by atoms with Gasteiger partial charge >= 0.3 is 0 Å². The molecule has 27 heavy (non-hydrogen) atoms. The van der Waals surface area contributed by atoms with Gasteiger partial charge in [0.05, 0.1) is 43.3 Å². The molecule has 0 spiro atoms. The largest absolute Gasteiger partial charge is 1.00 e. The summed E-state index contributed by atoms with van der Waals surface area (Å²) in [6, 6.07) is 10.2. The van der Waals surface area contributed by atoms with Crippen molar-refractivity contribution in [2.24, 2.45) is 0 Å². The van der Waals surface area contributed by atoms with Gasteiger partial charge in [-0.05, 0) is 18.2 Å². The number of nitrogens with one attached hydrogen (secondary N) is 1. The van der Waals surface area contributed by atoms with E-state index in [0.717, 1.165) is 42.8 Å². The van der Waals surface area contributed by atoms with Crippen molar-refractivity contribution in [3.8, 4) is 0 Å². The van der Waals surface area contributed by atoms with Crippen molar-refractivity contribution in [2.45, 2.75) is 25.4 Å². The van der Waals surface area contributed by atoms with E-state index in [1.807, 2.05) is 12.1 Å². The predicted octanol–water partition coefficient (Wildman–Crippen LogP) is 2.07. The van der Waals surface area contributed by atoms with Crippen molar-refractivity contribution < 1.29 is 26.4 Å². The molecule has 0 atom stereocenters. The van der Waals surface area contributed by atoms with Gasteiger partial charge in [-0.15, -0.1) is 11.3 Å². The summed E-state index contributed by atoms with van der Waals surface area (Å²) in [5.41, 5.74) is 2.40. The Morgan fingerprint density at radius 3 is 2.41 bits per heavy atom. The van der Waals surface area contributed by atoms with Crippen LogP contribution in [0.3, 0.4) is 0 Å². The number of nitrogens with zero attached hydrogens (tertiary/aromatic N) is 1. The van der Waals surface area contributed by atoms with Crippen LogP contribution in [0.15, 0.2) is 30.3 Å². The van der Waals surface area contributed by atoms with Crippen LogP contribution in [-0.2, 0) is 11.3 Å². The van der Waals surface area contributed by atoms with Gasteiger partial charge in [-0.3, -0.25) is 4.79 Å². The van der Waals surface area contributed by atoms with Gasteiger partial charge in [-0.2, -0.15) is 0 Å². The lowest BCUT2D eigenvalue weighted by atomic mass is 10.0. The maximum Gasteiger partial charge on any atom is 0.258 e. The average Bonchev–Trinajstić information content (AvgIpc) is 2.96. The molecule has 2 aromatic rings. The summed E-state index contributed by atoms with van der Waals surface area (Å²) in [5, 5.41) is 2.87. The molecule has 1 fully saturated rings. The molecule has 148 valence electrons. The third-order valence-corrected chi connectivity index (χ3v) is 6.37. The lowest BCUT2D eigenvalue weighted by molar-refractivity contribution is -0.929. The molecule has 0 aliphatic carbocycles. The van der Waals surface area contributed by atoms with Crippen molar-refractivity contribution >= 4 is 46.1 Å². The maximum atomic E-state index is 12.3. The Hall–Kier alpha value is -0.820. The molecule has 1 N–H and O–H groups in total. The number of quaternary nitrogens is 1. The van der Waals surface area contributed by atoms with Crippen molar-refractivity contribution in [2.75, 3.05) is 32.6 Å². The molecular weight excluding hydrogens is 427 g/mol. The molecule has 1 amide bonds. The first-order valence-corrected chi connectivity index (χ1v) is 10.2. The second-order valence-electron chi connectivity index (χ2n) is 7.17. The summed E-state index contributed by atoms with van der Waals surface area (Å²) in [5.74, 6) is -0.246. The Kier molecular flexibility index (Phi) is 7.98.